The van der Waals surface area contributed by atoms with E-state index in [0.29, 0.717) is 12.8 Å². The van der Waals surface area contributed by atoms with Crippen molar-refractivity contribution in [2.45, 2.75) is 465 Å². The molecular weight excluding hydrogens is 1330 g/mol. The standard InChI is InChI=1S/C86H159NO18/c1-3-5-7-9-11-13-15-17-19-21-23-25-27-29-31-32-33-34-35-36-38-39-41-43-45-47-49-51-53-55-57-59-61-63-70(91)69(87-74(92)64-62-60-58-56-54-52-50-48-46-44-42-40-37-30-28-26-24-22-20-18-16-14-12-10-8-6-4-2)68-100-84-80(98)77(95)82(72(66-89)102-84)105-86-81(99)78(96)83(73(67-90)103-86)104-85-79(97)76(94)75(93)71(65-88)101-85/h6,8,12,14,18,20,24,26,69-73,75-86,88-91,93-99H,3-5,7,9-11,13,15-17,19,21-23,25,27-68H2,1-2H3,(H,87,92)/b8-6-,14-12-,20-18-,26-24-. The summed E-state index contributed by atoms with van der Waals surface area (Å²) in [4.78, 5) is 13.5. The van der Waals surface area contributed by atoms with Crippen LogP contribution in [0.5, 0.6) is 0 Å². The maximum atomic E-state index is 13.5. The van der Waals surface area contributed by atoms with Crippen LogP contribution in [0, 0.1) is 0 Å². The van der Waals surface area contributed by atoms with E-state index in [1.807, 2.05) is 0 Å². The number of hydrogen-bond donors (Lipinski definition) is 12. The number of nitrogens with one attached hydrogen (secondary N) is 1. The monoisotopic (exact) mass is 1490 g/mol. The summed E-state index contributed by atoms with van der Waals surface area (Å²) in [6.45, 7) is 1.75. The molecule has 17 unspecified atom stereocenters. The van der Waals surface area contributed by atoms with Crippen LogP contribution in [0.15, 0.2) is 48.6 Å². The average molecular weight is 1500 g/mol. The third-order valence-electron chi connectivity index (χ3n) is 21.7. The van der Waals surface area contributed by atoms with Gasteiger partial charge in [-0.2, -0.15) is 0 Å². The van der Waals surface area contributed by atoms with Gasteiger partial charge in [-0.25, -0.2) is 0 Å². The molecule has 0 aromatic rings. The maximum absolute atomic E-state index is 13.5. The summed E-state index contributed by atoms with van der Waals surface area (Å²) < 4.78 is 34.6. The van der Waals surface area contributed by atoms with Crippen molar-refractivity contribution in [1.29, 1.82) is 0 Å². The molecule has 3 heterocycles. The molecular formula is C86H159NO18. The van der Waals surface area contributed by atoms with Crippen molar-refractivity contribution in [3.63, 3.8) is 0 Å². The van der Waals surface area contributed by atoms with Crippen LogP contribution in [0.25, 0.3) is 0 Å². The highest BCUT2D eigenvalue weighted by atomic mass is 16.8. The molecule has 1 amide bonds. The van der Waals surface area contributed by atoms with Gasteiger partial charge < -0.3 is 89.9 Å². The summed E-state index contributed by atoms with van der Waals surface area (Å²) in [7, 11) is 0. The van der Waals surface area contributed by atoms with Crippen molar-refractivity contribution in [3.05, 3.63) is 48.6 Å². The minimum Gasteiger partial charge on any atom is -0.394 e. The van der Waals surface area contributed by atoms with E-state index in [1.54, 1.807) is 0 Å². The number of hydrogen-bond acceptors (Lipinski definition) is 18. The maximum Gasteiger partial charge on any atom is 0.220 e. The molecule has 3 fully saturated rings. The Morgan fingerprint density at radius 1 is 0.352 bits per heavy atom. The van der Waals surface area contributed by atoms with E-state index in [0.717, 1.165) is 70.6 Å². The van der Waals surface area contributed by atoms with Gasteiger partial charge in [0.1, 0.15) is 73.2 Å². The molecule has 19 nitrogen and oxygen atoms in total. The van der Waals surface area contributed by atoms with Crippen LogP contribution >= 0.6 is 0 Å². The minimum atomic E-state index is -1.97. The predicted octanol–water partition coefficient (Wildman–Crippen LogP) is 15.6. The van der Waals surface area contributed by atoms with Gasteiger partial charge in [0.2, 0.25) is 5.91 Å². The van der Waals surface area contributed by atoms with Gasteiger partial charge in [-0.15, -0.1) is 0 Å². The third kappa shape index (κ3) is 45.8. The van der Waals surface area contributed by atoms with Crippen LogP contribution in [-0.4, -0.2) is 193 Å². The Morgan fingerprint density at radius 3 is 1.03 bits per heavy atom. The van der Waals surface area contributed by atoms with Crippen molar-refractivity contribution in [2.75, 3.05) is 26.4 Å². The molecule has 0 aliphatic carbocycles. The first-order chi connectivity index (χ1) is 51.3. The molecule has 17 atom stereocenters. The molecule has 3 saturated heterocycles. The Balaban J connectivity index is 1.33. The molecule has 0 radical (unpaired) electrons. The van der Waals surface area contributed by atoms with Crippen molar-refractivity contribution < 1.29 is 89.4 Å². The zero-order chi connectivity index (χ0) is 76.0. The smallest absolute Gasteiger partial charge is 0.220 e. The molecule has 3 rings (SSSR count). The van der Waals surface area contributed by atoms with Crippen LogP contribution < -0.4 is 5.32 Å². The zero-order valence-corrected chi connectivity index (χ0v) is 66.2. The molecule has 3 aliphatic heterocycles. The molecule has 105 heavy (non-hydrogen) atoms. The fourth-order valence-corrected chi connectivity index (χ4v) is 14.8. The highest BCUT2D eigenvalue weighted by molar-refractivity contribution is 5.76. The number of amides is 1. The average Bonchev–Trinajstić information content (AvgIpc) is 0.781. The molecule has 0 aromatic carbocycles. The van der Waals surface area contributed by atoms with Crippen molar-refractivity contribution in [1.82, 2.24) is 5.32 Å². The van der Waals surface area contributed by atoms with Crippen molar-refractivity contribution in [2.24, 2.45) is 0 Å². The number of aliphatic hydroxyl groups is 11. The molecule has 616 valence electrons. The first-order valence-corrected chi connectivity index (χ1v) is 43.4. The van der Waals surface area contributed by atoms with Gasteiger partial charge in [-0.05, 0) is 51.4 Å². The molecule has 0 spiro atoms. The second kappa shape index (κ2) is 66.4. The normalized spacial score (nSPS) is 26.0. The van der Waals surface area contributed by atoms with E-state index >= 15 is 0 Å². The topological polar surface area (TPSA) is 307 Å². The zero-order valence-electron chi connectivity index (χ0n) is 66.2. The Morgan fingerprint density at radius 2 is 0.657 bits per heavy atom. The van der Waals surface area contributed by atoms with E-state index in [2.05, 4.69) is 67.8 Å². The van der Waals surface area contributed by atoms with Gasteiger partial charge in [-0.1, -0.05) is 351 Å². The van der Waals surface area contributed by atoms with Gasteiger partial charge in [0, 0.05) is 6.42 Å². The number of carbonyl (C=O) groups is 1. The van der Waals surface area contributed by atoms with Gasteiger partial charge in [-0.3, -0.25) is 4.79 Å². The van der Waals surface area contributed by atoms with E-state index in [-0.39, 0.29) is 18.9 Å². The summed E-state index contributed by atoms with van der Waals surface area (Å²) in [5.74, 6) is -0.239. The first kappa shape index (κ1) is 96.9. The van der Waals surface area contributed by atoms with E-state index in [9.17, 15) is 61.0 Å². The first-order valence-electron chi connectivity index (χ1n) is 43.4. The molecule has 12 N–H and O–H groups in total. The number of rotatable bonds is 70. The summed E-state index contributed by atoms with van der Waals surface area (Å²) >= 11 is 0. The highest BCUT2D eigenvalue weighted by Gasteiger charge is 2.54. The second-order valence-electron chi connectivity index (χ2n) is 31.0. The lowest BCUT2D eigenvalue weighted by atomic mass is 9.96. The Bertz CT molecular complexity index is 2080. The van der Waals surface area contributed by atoms with Crippen LogP contribution in [0.3, 0.4) is 0 Å². The number of aliphatic hydroxyl groups excluding tert-OH is 11. The summed E-state index contributed by atoms with van der Waals surface area (Å²) in [6.07, 6.45) is 57.8. The number of unbranched alkanes of at least 4 members (excludes halogenated alkanes) is 46. The Labute approximate surface area is 637 Å². The van der Waals surface area contributed by atoms with E-state index in [1.165, 1.54) is 257 Å². The molecule has 0 bridgehead atoms. The van der Waals surface area contributed by atoms with Gasteiger partial charge in [0.25, 0.3) is 0 Å². The second-order valence-corrected chi connectivity index (χ2v) is 31.0. The molecule has 19 heteroatoms. The van der Waals surface area contributed by atoms with E-state index < -0.39 is 124 Å². The highest BCUT2D eigenvalue weighted by Crippen LogP contribution is 2.34. The summed E-state index contributed by atoms with van der Waals surface area (Å²) in [5.41, 5.74) is 0. The number of allylic oxidation sites excluding steroid dienone is 8. The Hall–Kier alpha value is -2.25. The summed E-state index contributed by atoms with van der Waals surface area (Å²) in [5, 5.41) is 121. The van der Waals surface area contributed by atoms with E-state index in [4.69, 9.17) is 28.4 Å². The predicted molar refractivity (Wildman–Crippen MR) is 420 cm³/mol. The fraction of sp³-hybridized carbons (Fsp3) is 0.895. The van der Waals surface area contributed by atoms with Gasteiger partial charge in [0.15, 0.2) is 18.9 Å². The molecule has 0 saturated carbocycles. The summed E-state index contributed by atoms with van der Waals surface area (Å²) in [6, 6.07) is -0.891. The molecule has 0 aromatic heterocycles. The van der Waals surface area contributed by atoms with Gasteiger partial charge >= 0.3 is 0 Å². The lowest BCUT2D eigenvalue weighted by molar-refractivity contribution is -0.379. The van der Waals surface area contributed by atoms with Crippen LogP contribution in [0.4, 0.5) is 0 Å². The number of ether oxygens (including phenoxy) is 6. The number of carbonyl (C=O) groups excluding carboxylic acids is 1. The molecule has 3 aliphatic rings. The lowest BCUT2D eigenvalue weighted by Crippen LogP contribution is -2.66. The van der Waals surface area contributed by atoms with Crippen LogP contribution in [0.1, 0.15) is 361 Å². The third-order valence-corrected chi connectivity index (χ3v) is 21.7. The largest absolute Gasteiger partial charge is 0.394 e. The Kier molecular flexibility index (Phi) is 61.3. The minimum absolute atomic E-state index is 0.239. The van der Waals surface area contributed by atoms with Crippen LogP contribution in [0.2, 0.25) is 0 Å². The van der Waals surface area contributed by atoms with Crippen molar-refractivity contribution >= 4 is 5.91 Å². The lowest BCUT2D eigenvalue weighted by Gasteiger charge is -2.48. The fourth-order valence-electron chi connectivity index (χ4n) is 14.8. The van der Waals surface area contributed by atoms with Crippen LogP contribution in [-0.2, 0) is 33.2 Å². The van der Waals surface area contributed by atoms with Crippen molar-refractivity contribution in [3.8, 4) is 0 Å². The SMILES string of the molecule is CC/C=C\C/C=C\C/C=C\C/C=C\CCCCCCCCCCCCCCCCC(=O)NC(COC1OC(CO)C(OC2OC(CO)C(OC3OC(CO)C(O)C(O)C3O)C(O)C2O)C(O)C1O)C(O)CCCCCCCCCCCCCCCCCCCCCCCCCCCCCCCCCCC. The quantitative estimate of drug-likeness (QED) is 0.0199. The van der Waals surface area contributed by atoms with Gasteiger partial charge in [0.05, 0.1) is 38.6 Å².